The van der Waals surface area contributed by atoms with E-state index in [0.29, 0.717) is 17.4 Å². The van der Waals surface area contributed by atoms with Crippen LogP contribution in [0.4, 0.5) is 0 Å². The number of hydrogen-bond acceptors (Lipinski definition) is 6. The second kappa shape index (κ2) is 55.0. The van der Waals surface area contributed by atoms with E-state index in [1.165, 1.54) is 161 Å². The zero-order valence-corrected chi connectivity index (χ0v) is 50.9. The number of likely N-dealkylation sites (N-methyl/N-ethyl adjacent to an activating group) is 1. The van der Waals surface area contributed by atoms with Gasteiger partial charge in [0.1, 0.15) is 19.3 Å². The molecule has 10 heteroatoms. The molecule has 3 unspecified atom stereocenters. The first-order valence-corrected chi connectivity index (χ1v) is 33.1. The van der Waals surface area contributed by atoms with E-state index in [2.05, 4.69) is 74.7 Å². The van der Waals surface area contributed by atoms with Crippen LogP contribution in [0.2, 0.25) is 0 Å². The van der Waals surface area contributed by atoms with Crippen molar-refractivity contribution in [3.05, 3.63) is 60.8 Å². The average molecular weight is 1070 g/mol. The van der Waals surface area contributed by atoms with E-state index in [1.54, 1.807) is 0 Å². The highest BCUT2D eigenvalue weighted by atomic mass is 31.2. The molecule has 0 aromatic rings. The van der Waals surface area contributed by atoms with Crippen LogP contribution in [-0.4, -0.2) is 74.3 Å². The number of phosphoric ester groups is 1. The van der Waals surface area contributed by atoms with Gasteiger partial charge in [0, 0.05) is 12.8 Å². The molecule has 0 aromatic carbocycles. The van der Waals surface area contributed by atoms with Gasteiger partial charge in [-0.1, -0.05) is 249 Å². The Labute approximate surface area is 464 Å². The molecule has 3 atom stereocenters. The number of nitrogens with one attached hydrogen (secondary N) is 1. The first kappa shape index (κ1) is 72.7. The molecule has 0 spiro atoms. The Morgan fingerprint density at radius 1 is 0.467 bits per heavy atom. The number of rotatable bonds is 57. The average Bonchev–Trinajstić information content (AvgIpc) is 3.37. The molecule has 0 saturated carbocycles. The molecule has 0 rings (SSSR count). The molecule has 0 aliphatic carbocycles. The van der Waals surface area contributed by atoms with E-state index in [1.807, 2.05) is 33.3 Å². The first-order chi connectivity index (χ1) is 36.4. The van der Waals surface area contributed by atoms with Crippen LogP contribution >= 0.6 is 7.82 Å². The van der Waals surface area contributed by atoms with Crippen LogP contribution in [-0.2, 0) is 27.9 Å². The van der Waals surface area contributed by atoms with Crippen molar-refractivity contribution in [2.75, 3.05) is 40.9 Å². The Bertz CT molecular complexity index is 1470. The molecule has 0 aromatic heterocycles. The highest BCUT2D eigenvalue weighted by Gasteiger charge is 2.30. The largest absolute Gasteiger partial charge is 0.472 e. The lowest BCUT2D eigenvalue weighted by Gasteiger charge is -2.27. The number of ether oxygens (including phenoxy) is 1. The third-order valence-corrected chi connectivity index (χ3v) is 14.9. The zero-order valence-electron chi connectivity index (χ0n) is 50.0. The summed E-state index contributed by atoms with van der Waals surface area (Å²) >= 11 is 0. The molecule has 0 aliphatic heterocycles. The summed E-state index contributed by atoms with van der Waals surface area (Å²) < 4.78 is 30.7. The molecule has 2 N–H and O–H groups in total. The van der Waals surface area contributed by atoms with Crippen molar-refractivity contribution >= 4 is 19.7 Å². The quantitative estimate of drug-likeness (QED) is 0.0205. The number of carbonyl (C=O) groups excluding carboxylic acids is 2. The van der Waals surface area contributed by atoms with Crippen molar-refractivity contribution in [1.29, 1.82) is 0 Å². The Morgan fingerprint density at radius 3 is 1.29 bits per heavy atom. The maximum absolute atomic E-state index is 13.5. The van der Waals surface area contributed by atoms with Crippen molar-refractivity contribution < 1.29 is 37.3 Å². The van der Waals surface area contributed by atoms with E-state index in [0.717, 1.165) is 96.3 Å². The van der Waals surface area contributed by atoms with Gasteiger partial charge in [-0.15, -0.1) is 0 Å². The maximum Gasteiger partial charge on any atom is 0.472 e. The Morgan fingerprint density at radius 2 is 0.827 bits per heavy atom. The summed E-state index contributed by atoms with van der Waals surface area (Å²) in [5.41, 5.74) is 0. The molecule has 9 nitrogen and oxygen atoms in total. The van der Waals surface area contributed by atoms with E-state index in [-0.39, 0.29) is 31.5 Å². The minimum absolute atomic E-state index is 0.0379. The van der Waals surface area contributed by atoms with Gasteiger partial charge in [0.15, 0.2) is 0 Å². The van der Waals surface area contributed by atoms with Crippen LogP contribution in [0.3, 0.4) is 0 Å². The number of carbonyl (C=O) groups is 2. The molecule has 0 fully saturated rings. The standard InChI is InChI=1S/C65H121N2O7P/c1-7-10-13-16-19-22-25-27-28-29-30-31-32-33-34-35-36-37-38-40-43-46-49-52-55-58-65(69)74-63(56-53-50-47-44-42-39-26-23-20-17-14-11-8-2)62(61-73-75(70,71)72-60-59-67(4,5)6)66-64(68)57-54-51-48-45-41-24-21-18-15-12-9-3/h18-19,21-22,27-28,30-31,53,56,62-63H,7-17,20,23-26,29,32-52,54-55,57-61H2,1-6H3,(H-,66,68,70,71)/p+1/b21-18-,22-19-,28-27-,31-30-,56-53-. The van der Waals surface area contributed by atoms with Crippen molar-refractivity contribution in [2.24, 2.45) is 0 Å². The second-order valence-electron chi connectivity index (χ2n) is 22.6. The lowest BCUT2D eigenvalue weighted by molar-refractivity contribution is -0.870. The number of nitrogens with zero attached hydrogens (tertiary/aromatic N) is 1. The fourth-order valence-electron chi connectivity index (χ4n) is 8.99. The molecule has 0 heterocycles. The van der Waals surface area contributed by atoms with Crippen molar-refractivity contribution in [1.82, 2.24) is 5.32 Å². The van der Waals surface area contributed by atoms with E-state index in [4.69, 9.17) is 13.8 Å². The Hall–Kier alpha value is -2.29. The highest BCUT2D eigenvalue weighted by molar-refractivity contribution is 7.47. The van der Waals surface area contributed by atoms with Crippen molar-refractivity contribution in [3.8, 4) is 0 Å². The predicted molar refractivity (Wildman–Crippen MR) is 323 cm³/mol. The van der Waals surface area contributed by atoms with Gasteiger partial charge in [-0.2, -0.15) is 0 Å². The molecule has 0 bridgehead atoms. The number of hydrogen-bond donors (Lipinski definition) is 2. The SMILES string of the molecule is CCCC/C=C\CCCCCCCC(=O)NC(COP(=O)(O)OCC[N+](C)(C)C)C(/C=C\CCCCCCCCCCCCC)OC(=O)CCCCCCCCCCCCCC/C=C\C/C=C\C/C=C\CCCCC. The fourth-order valence-corrected chi connectivity index (χ4v) is 9.72. The predicted octanol–water partition coefficient (Wildman–Crippen LogP) is 19.4. The van der Waals surface area contributed by atoms with Crippen LogP contribution in [0.25, 0.3) is 0 Å². The van der Waals surface area contributed by atoms with E-state index < -0.39 is 20.0 Å². The lowest BCUT2D eigenvalue weighted by Crippen LogP contribution is -2.47. The van der Waals surface area contributed by atoms with Crippen LogP contribution < -0.4 is 5.32 Å². The second-order valence-corrected chi connectivity index (χ2v) is 24.0. The van der Waals surface area contributed by atoms with Gasteiger partial charge in [0.2, 0.25) is 5.91 Å². The van der Waals surface area contributed by atoms with Crippen molar-refractivity contribution in [3.63, 3.8) is 0 Å². The van der Waals surface area contributed by atoms with Gasteiger partial charge in [0.05, 0.1) is 33.8 Å². The minimum Gasteiger partial charge on any atom is -0.456 e. The summed E-state index contributed by atoms with van der Waals surface area (Å²) in [5, 5.41) is 3.05. The topological polar surface area (TPSA) is 111 Å². The zero-order chi connectivity index (χ0) is 55.0. The van der Waals surface area contributed by atoms with Crippen LogP contribution in [0.15, 0.2) is 60.8 Å². The van der Waals surface area contributed by atoms with E-state index in [9.17, 15) is 19.0 Å². The van der Waals surface area contributed by atoms with Crippen molar-refractivity contribution in [2.45, 2.75) is 303 Å². The fraction of sp³-hybridized carbons (Fsp3) is 0.815. The smallest absolute Gasteiger partial charge is 0.456 e. The molecular weight excluding hydrogens is 952 g/mol. The third kappa shape index (κ3) is 56.2. The molecule has 75 heavy (non-hydrogen) atoms. The number of allylic oxidation sites excluding steroid dienone is 9. The van der Waals surface area contributed by atoms with Gasteiger partial charge in [-0.3, -0.25) is 18.6 Å². The molecule has 0 aliphatic rings. The number of phosphoric acid groups is 1. The van der Waals surface area contributed by atoms with Gasteiger partial charge in [-0.05, 0) is 89.5 Å². The van der Waals surface area contributed by atoms with E-state index >= 15 is 0 Å². The number of quaternary nitrogens is 1. The van der Waals surface area contributed by atoms with Crippen LogP contribution in [0, 0.1) is 0 Å². The summed E-state index contributed by atoms with van der Waals surface area (Å²) in [5.74, 6) is -0.513. The number of amides is 1. The summed E-state index contributed by atoms with van der Waals surface area (Å²) in [4.78, 5) is 37.6. The van der Waals surface area contributed by atoms with Gasteiger partial charge < -0.3 is 19.4 Å². The Balaban J connectivity index is 5.10. The first-order valence-electron chi connectivity index (χ1n) is 31.6. The van der Waals surface area contributed by atoms with Crippen LogP contribution in [0.5, 0.6) is 0 Å². The number of esters is 1. The lowest BCUT2D eigenvalue weighted by atomic mass is 10.0. The number of unbranched alkanes of at least 4 members (excludes halogenated alkanes) is 33. The molecule has 1 amide bonds. The molecule has 438 valence electrons. The maximum atomic E-state index is 13.5. The molecule has 0 saturated heterocycles. The molecule has 0 radical (unpaired) electrons. The summed E-state index contributed by atoms with van der Waals surface area (Å²) in [6.45, 7) is 6.95. The van der Waals surface area contributed by atoms with Gasteiger partial charge >= 0.3 is 13.8 Å². The minimum atomic E-state index is -4.45. The third-order valence-electron chi connectivity index (χ3n) is 13.9. The van der Waals surface area contributed by atoms with Crippen LogP contribution in [0.1, 0.15) is 290 Å². The summed E-state index contributed by atoms with van der Waals surface area (Å²) in [6.07, 6.45) is 69.4. The highest BCUT2D eigenvalue weighted by Crippen LogP contribution is 2.43. The normalized spacial score (nSPS) is 14.1. The monoisotopic (exact) mass is 1070 g/mol. The van der Waals surface area contributed by atoms with Gasteiger partial charge in [0.25, 0.3) is 0 Å². The molecular formula is C65H122N2O7P+. The summed E-state index contributed by atoms with van der Waals surface area (Å²) in [6, 6.07) is -0.852. The summed E-state index contributed by atoms with van der Waals surface area (Å²) in [7, 11) is 1.49. The Kier molecular flexibility index (Phi) is 53.4. The van der Waals surface area contributed by atoms with Gasteiger partial charge in [-0.25, -0.2) is 4.57 Å².